The van der Waals surface area contributed by atoms with Gasteiger partial charge in [-0.2, -0.15) is 0 Å². The number of pyridine rings is 1. The SMILES string of the molecule is O=S(=O)(NCc1ccc(Cl)cc1)c1ccc(NC(=S)NCc2ccncc2)cc1. The summed E-state index contributed by atoms with van der Waals surface area (Å²) in [7, 11) is -3.63. The van der Waals surface area contributed by atoms with E-state index in [1.807, 2.05) is 12.1 Å². The van der Waals surface area contributed by atoms with Crippen LogP contribution in [0.15, 0.2) is 78.0 Å². The van der Waals surface area contributed by atoms with Crippen LogP contribution in [-0.4, -0.2) is 18.5 Å². The number of rotatable bonds is 7. The smallest absolute Gasteiger partial charge is 0.240 e. The molecule has 0 spiro atoms. The van der Waals surface area contributed by atoms with Crippen LogP contribution in [0.4, 0.5) is 5.69 Å². The molecule has 2 aromatic carbocycles. The lowest BCUT2D eigenvalue weighted by Crippen LogP contribution is -2.28. The monoisotopic (exact) mass is 446 g/mol. The van der Waals surface area contributed by atoms with Crippen molar-refractivity contribution in [2.24, 2.45) is 0 Å². The summed E-state index contributed by atoms with van der Waals surface area (Å²) in [5, 5.41) is 7.17. The molecule has 0 amide bonds. The molecule has 0 unspecified atom stereocenters. The molecule has 0 radical (unpaired) electrons. The summed E-state index contributed by atoms with van der Waals surface area (Å²) in [6.07, 6.45) is 3.43. The van der Waals surface area contributed by atoms with Crippen molar-refractivity contribution < 1.29 is 8.42 Å². The van der Waals surface area contributed by atoms with E-state index in [0.29, 0.717) is 22.4 Å². The summed E-state index contributed by atoms with van der Waals surface area (Å²) >= 11 is 11.1. The van der Waals surface area contributed by atoms with Crippen molar-refractivity contribution in [2.45, 2.75) is 18.0 Å². The van der Waals surface area contributed by atoms with Crippen molar-refractivity contribution in [3.05, 3.63) is 89.2 Å². The third-order valence-electron chi connectivity index (χ3n) is 4.00. The third-order valence-corrected chi connectivity index (χ3v) is 5.92. The Labute approximate surface area is 180 Å². The first-order valence-electron chi connectivity index (χ1n) is 8.70. The van der Waals surface area contributed by atoms with Gasteiger partial charge in [0.15, 0.2) is 5.11 Å². The second-order valence-electron chi connectivity index (χ2n) is 6.14. The maximum Gasteiger partial charge on any atom is 0.240 e. The van der Waals surface area contributed by atoms with Gasteiger partial charge in [0.2, 0.25) is 10.0 Å². The number of hydrogen-bond donors (Lipinski definition) is 3. The van der Waals surface area contributed by atoms with Crippen LogP contribution in [0.3, 0.4) is 0 Å². The van der Waals surface area contributed by atoms with E-state index in [4.69, 9.17) is 23.8 Å². The molecule has 0 atom stereocenters. The number of halogens is 1. The molecule has 0 saturated carbocycles. The second kappa shape index (κ2) is 9.80. The molecule has 3 aromatic rings. The topological polar surface area (TPSA) is 83.1 Å². The number of nitrogens with zero attached hydrogens (tertiary/aromatic N) is 1. The Balaban J connectivity index is 1.54. The number of hydrogen-bond acceptors (Lipinski definition) is 4. The molecule has 0 aliphatic rings. The van der Waals surface area contributed by atoms with E-state index in [9.17, 15) is 8.42 Å². The van der Waals surface area contributed by atoms with Crippen molar-refractivity contribution in [3.8, 4) is 0 Å². The number of benzene rings is 2. The zero-order chi connectivity index (χ0) is 20.7. The standard InChI is InChI=1S/C20H19ClN4O2S2/c21-17-3-1-15(2-4-17)14-24-29(26,27)19-7-5-18(6-8-19)25-20(28)23-13-16-9-11-22-12-10-16/h1-12,24H,13-14H2,(H2,23,25,28). The molecule has 0 aliphatic carbocycles. The van der Waals surface area contributed by atoms with E-state index in [2.05, 4.69) is 20.3 Å². The van der Waals surface area contributed by atoms with E-state index in [-0.39, 0.29) is 11.4 Å². The predicted molar refractivity (Wildman–Crippen MR) is 119 cm³/mol. The lowest BCUT2D eigenvalue weighted by molar-refractivity contribution is 0.581. The summed E-state index contributed by atoms with van der Waals surface area (Å²) < 4.78 is 27.5. The molecule has 9 heteroatoms. The predicted octanol–water partition coefficient (Wildman–Crippen LogP) is 3.70. The molecule has 1 heterocycles. The Hall–Kier alpha value is -2.52. The summed E-state index contributed by atoms with van der Waals surface area (Å²) in [6.45, 7) is 0.748. The summed E-state index contributed by atoms with van der Waals surface area (Å²) in [5.74, 6) is 0. The number of nitrogens with one attached hydrogen (secondary N) is 3. The van der Waals surface area contributed by atoms with E-state index in [1.54, 1.807) is 48.8 Å². The van der Waals surface area contributed by atoms with Crippen LogP contribution in [0.25, 0.3) is 0 Å². The molecular formula is C20H19ClN4O2S2. The normalized spacial score (nSPS) is 11.1. The van der Waals surface area contributed by atoms with Gasteiger partial charge in [-0.15, -0.1) is 0 Å². The first-order chi connectivity index (χ1) is 13.9. The van der Waals surface area contributed by atoms with Gasteiger partial charge in [-0.25, -0.2) is 13.1 Å². The van der Waals surface area contributed by atoms with E-state index >= 15 is 0 Å². The minimum Gasteiger partial charge on any atom is -0.358 e. The Morgan fingerprint density at radius 3 is 2.17 bits per heavy atom. The second-order valence-corrected chi connectivity index (χ2v) is 8.75. The largest absolute Gasteiger partial charge is 0.358 e. The van der Waals surface area contributed by atoms with Gasteiger partial charge in [0.05, 0.1) is 4.90 Å². The lowest BCUT2D eigenvalue weighted by atomic mass is 10.2. The summed E-state index contributed by atoms with van der Waals surface area (Å²) in [6, 6.07) is 17.2. The number of aromatic nitrogens is 1. The van der Waals surface area contributed by atoms with Gasteiger partial charge in [0.25, 0.3) is 0 Å². The Morgan fingerprint density at radius 2 is 1.52 bits per heavy atom. The quantitative estimate of drug-likeness (QED) is 0.480. The van der Waals surface area contributed by atoms with Crippen LogP contribution < -0.4 is 15.4 Å². The van der Waals surface area contributed by atoms with Crippen LogP contribution in [-0.2, 0) is 23.1 Å². The molecule has 0 fully saturated rings. The highest BCUT2D eigenvalue weighted by Crippen LogP contribution is 2.15. The average molecular weight is 447 g/mol. The van der Waals surface area contributed by atoms with Crippen LogP contribution in [0.1, 0.15) is 11.1 Å². The highest BCUT2D eigenvalue weighted by atomic mass is 35.5. The van der Waals surface area contributed by atoms with Gasteiger partial charge in [0, 0.05) is 36.2 Å². The van der Waals surface area contributed by atoms with Gasteiger partial charge < -0.3 is 10.6 Å². The summed E-state index contributed by atoms with van der Waals surface area (Å²) in [4.78, 5) is 4.14. The molecule has 29 heavy (non-hydrogen) atoms. The van der Waals surface area contributed by atoms with Crippen LogP contribution in [0, 0.1) is 0 Å². The lowest BCUT2D eigenvalue weighted by Gasteiger charge is -2.11. The number of sulfonamides is 1. The van der Waals surface area contributed by atoms with Gasteiger partial charge in [0.1, 0.15) is 0 Å². The Morgan fingerprint density at radius 1 is 0.897 bits per heavy atom. The van der Waals surface area contributed by atoms with Gasteiger partial charge in [-0.05, 0) is 71.9 Å². The van der Waals surface area contributed by atoms with Crippen molar-refractivity contribution in [1.82, 2.24) is 15.0 Å². The Kier molecular flexibility index (Phi) is 7.16. The maximum absolute atomic E-state index is 12.5. The van der Waals surface area contributed by atoms with E-state index in [1.165, 1.54) is 12.1 Å². The fourth-order valence-corrected chi connectivity index (χ4v) is 3.77. The maximum atomic E-state index is 12.5. The highest BCUT2D eigenvalue weighted by molar-refractivity contribution is 7.89. The van der Waals surface area contributed by atoms with Gasteiger partial charge in [-0.3, -0.25) is 4.98 Å². The number of thiocarbonyl (C=S) groups is 1. The van der Waals surface area contributed by atoms with Crippen LogP contribution in [0.5, 0.6) is 0 Å². The summed E-state index contributed by atoms with van der Waals surface area (Å²) in [5.41, 5.74) is 2.56. The fraction of sp³-hybridized carbons (Fsp3) is 0.100. The van der Waals surface area contributed by atoms with E-state index in [0.717, 1.165) is 11.1 Å². The molecular weight excluding hydrogens is 428 g/mol. The average Bonchev–Trinajstić information content (AvgIpc) is 2.73. The van der Waals surface area contributed by atoms with Gasteiger partial charge >= 0.3 is 0 Å². The molecule has 0 aliphatic heterocycles. The zero-order valence-corrected chi connectivity index (χ0v) is 17.7. The number of anilines is 1. The third kappa shape index (κ3) is 6.50. The molecule has 3 rings (SSSR count). The van der Waals surface area contributed by atoms with Gasteiger partial charge in [-0.1, -0.05) is 23.7 Å². The molecule has 6 nitrogen and oxygen atoms in total. The van der Waals surface area contributed by atoms with E-state index < -0.39 is 10.0 Å². The molecule has 150 valence electrons. The molecule has 0 saturated heterocycles. The zero-order valence-electron chi connectivity index (χ0n) is 15.3. The molecule has 3 N–H and O–H groups in total. The van der Waals surface area contributed by atoms with Crippen molar-refractivity contribution in [3.63, 3.8) is 0 Å². The highest BCUT2D eigenvalue weighted by Gasteiger charge is 2.13. The van der Waals surface area contributed by atoms with Crippen molar-refractivity contribution in [1.29, 1.82) is 0 Å². The first-order valence-corrected chi connectivity index (χ1v) is 11.0. The first kappa shape index (κ1) is 21.2. The molecule has 0 bridgehead atoms. The molecule has 1 aromatic heterocycles. The fourth-order valence-electron chi connectivity index (χ4n) is 2.44. The van der Waals surface area contributed by atoms with Crippen molar-refractivity contribution >= 4 is 44.6 Å². The van der Waals surface area contributed by atoms with Crippen LogP contribution in [0.2, 0.25) is 5.02 Å². The Bertz CT molecular complexity index is 1060. The van der Waals surface area contributed by atoms with Crippen molar-refractivity contribution in [2.75, 3.05) is 5.32 Å². The minimum absolute atomic E-state index is 0.174. The minimum atomic E-state index is -3.63. The van der Waals surface area contributed by atoms with Crippen LogP contribution >= 0.6 is 23.8 Å².